The first kappa shape index (κ1) is 25.1. The van der Waals surface area contributed by atoms with E-state index in [1.165, 1.54) is 116 Å². The van der Waals surface area contributed by atoms with Gasteiger partial charge in [-0.25, -0.2) is 0 Å². The van der Waals surface area contributed by atoms with E-state index in [1.54, 1.807) is 0 Å². The highest BCUT2D eigenvalue weighted by atomic mass is 16.6. The minimum Gasteiger partial charge on any atom is -0.370 e. The number of rotatable bonds is 22. The molecule has 0 saturated carbocycles. The van der Waals surface area contributed by atoms with Gasteiger partial charge in [-0.2, -0.15) is 0 Å². The van der Waals surface area contributed by atoms with E-state index in [0.29, 0.717) is 24.4 Å². The summed E-state index contributed by atoms with van der Waals surface area (Å²) < 4.78 is 17.8. The van der Waals surface area contributed by atoms with Crippen LogP contribution in [0.2, 0.25) is 0 Å². The van der Waals surface area contributed by atoms with Gasteiger partial charge in [0, 0.05) is 0 Å². The Balaban J connectivity index is 1.53. The molecule has 4 atom stereocenters. The van der Waals surface area contributed by atoms with Crippen molar-refractivity contribution in [2.45, 2.75) is 154 Å². The second-order valence-electron chi connectivity index (χ2n) is 9.48. The highest BCUT2D eigenvalue weighted by Gasteiger charge is 2.39. The van der Waals surface area contributed by atoms with Crippen molar-refractivity contribution in [2.24, 2.45) is 0 Å². The number of unbranched alkanes of at least 4 members (excludes halogenated alkanes) is 14. The van der Waals surface area contributed by atoms with E-state index in [4.69, 9.17) is 14.2 Å². The van der Waals surface area contributed by atoms with Crippen LogP contribution in [0.15, 0.2) is 0 Å². The minimum atomic E-state index is 0.304. The van der Waals surface area contributed by atoms with Gasteiger partial charge in [-0.15, -0.1) is 0 Å². The van der Waals surface area contributed by atoms with Gasteiger partial charge >= 0.3 is 0 Å². The first-order valence-electron chi connectivity index (χ1n) is 13.2. The summed E-state index contributed by atoms with van der Waals surface area (Å²) in [4.78, 5) is 0. The SMILES string of the molecule is CCCCCCCCCCC(OC(CCCCCCCCCC)C1CO1)C1CO1. The Morgan fingerprint density at radius 1 is 0.552 bits per heavy atom. The molecule has 0 aromatic rings. The lowest BCUT2D eigenvalue weighted by atomic mass is 10.0. The molecule has 2 aliphatic heterocycles. The maximum atomic E-state index is 6.57. The van der Waals surface area contributed by atoms with Gasteiger partial charge in [-0.1, -0.05) is 117 Å². The molecule has 3 nitrogen and oxygen atoms in total. The predicted octanol–water partition coefficient (Wildman–Crippen LogP) is 7.60. The summed E-state index contributed by atoms with van der Waals surface area (Å²) in [7, 11) is 0. The molecule has 0 N–H and O–H groups in total. The van der Waals surface area contributed by atoms with Crippen molar-refractivity contribution < 1.29 is 14.2 Å². The molecule has 2 heterocycles. The summed E-state index contributed by atoms with van der Waals surface area (Å²) in [6.07, 6.45) is 25.7. The zero-order valence-corrected chi connectivity index (χ0v) is 19.7. The Kier molecular flexibility index (Phi) is 14.4. The summed E-state index contributed by atoms with van der Waals surface area (Å²) in [6, 6.07) is 0. The predicted molar refractivity (Wildman–Crippen MR) is 123 cm³/mol. The van der Waals surface area contributed by atoms with E-state index in [-0.39, 0.29) is 0 Å². The van der Waals surface area contributed by atoms with Crippen molar-refractivity contribution in [3.05, 3.63) is 0 Å². The van der Waals surface area contributed by atoms with Crippen molar-refractivity contribution in [3.8, 4) is 0 Å². The van der Waals surface area contributed by atoms with Crippen molar-refractivity contribution in [2.75, 3.05) is 13.2 Å². The van der Waals surface area contributed by atoms with E-state index >= 15 is 0 Å². The maximum Gasteiger partial charge on any atom is 0.107 e. The van der Waals surface area contributed by atoms with Crippen LogP contribution in [-0.2, 0) is 14.2 Å². The summed E-state index contributed by atoms with van der Waals surface area (Å²) in [5.74, 6) is 0. The first-order chi connectivity index (χ1) is 14.3. The van der Waals surface area contributed by atoms with Gasteiger partial charge in [0.05, 0.1) is 25.4 Å². The molecule has 0 spiro atoms. The molecule has 2 saturated heterocycles. The van der Waals surface area contributed by atoms with E-state index in [0.717, 1.165) is 13.2 Å². The highest BCUT2D eigenvalue weighted by molar-refractivity contribution is 4.86. The van der Waals surface area contributed by atoms with Gasteiger partial charge < -0.3 is 14.2 Å². The molecular formula is C26H50O3. The zero-order chi connectivity index (χ0) is 20.6. The molecule has 2 rings (SSSR count). The van der Waals surface area contributed by atoms with Gasteiger partial charge in [-0.3, -0.25) is 0 Å². The fraction of sp³-hybridized carbons (Fsp3) is 1.00. The fourth-order valence-electron chi connectivity index (χ4n) is 4.41. The lowest BCUT2D eigenvalue weighted by Crippen LogP contribution is -2.30. The van der Waals surface area contributed by atoms with Crippen LogP contribution in [-0.4, -0.2) is 37.6 Å². The monoisotopic (exact) mass is 410 g/mol. The van der Waals surface area contributed by atoms with Crippen LogP contribution in [0.5, 0.6) is 0 Å². The third kappa shape index (κ3) is 13.0. The van der Waals surface area contributed by atoms with Crippen molar-refractivity contribution in [3.63, 3.8) is 0 Å². The van der Waals surface area contributed by atoms with Crippen LogP contribution in [0.25, 0.3) is 0 Å². The third-order valence-electron chi connectivity index (χ3n) is 6.58. The van der Waals surface area contributed by atoms with Crippen LogP contribution in [0.1, 0.15) is 129 Å². The molecule has 0 radical (unpaired) electrons. The number of ether oxygens (including phenoxy) is 3. The van der Waals surface area contributed by atoms with Crippen LogP contribution in [0, 0.1) is 0 Å². The minimum absolute atomic E-state index is 0.304. The molecule has 3 heteroatoms. The third-order valence-corrected chi connectivity index (χ3v) is 6.58. The average Bonchev–Trinajstić information content (AvgIpc) is 3.62. The Morgan fingerprint density at radius 3 is 1.17 bits per heavy atom. The van der Waals surface area contributed by atoms with Gasteiger partial charge in [0.25, 0.3) is 0 Å². The van der Waals surface area contributed by atoms with E-state index in [9.17, 15) is 0 Å². The second-order valence-corrected chi connectivity index (χ2v) is 9.48. The first-order valence-corrected chi connectivity index (χ1v) is 13.2. The summed E-state index contributed by atoms with van der Waals surface area (Å²) in [5.41, 5.74) is 0. The average molecular weight is 411 g/mol. The summed E-state index contributed by atoms with van der Waals surface area (Å²) >= 11 is 0. The van der Waals surface area contributed by atoms with Crippen LogP contribution in [0.4, 0.5) is 0 Å². The van der Waals surface area contributed by atoms with E-state index in [1.807, 2.05) is 0 Å². The molecule has 0 aliphatic carbocycles. The van der Waals surface area contributed by atoms with Crippen molar-refractivity contribution >= 4 is 0 Å². The van der Waals surface area contributed by atoms with Gasteiger partial charge in [-0.05, 0) is 12.8 Å². The molecular weight excluding hydrogens is 360 g/mol. The number of hydrogen-bond acceptors (Lipinski definition) is 3. The van der Waals surface area contributed by atoms with Crippen LogP contribution in [0.3, 0.4) is 0 Å². The van der Waals surface area contributed by atoms with Gasteiger partial charge in [0.1, 0.15) is 12.2 Å². The molecule has 0 aromatic carbocycles. The largest absolute Gasteiger partial charge is 0.370 e. The number of hydrogen-bond donors (Lipinski definition) is 0. The molecule has 2 fully saturated rings. The topological polar surface area (TPSA) is 34.3 Å². The van der Waals surface area contributed by atoms with E-state index < -0.39 is 0 Å². The maximum absolute atomic E-state index is 6.57. The van der Waals surface area contributed by atoms with Gasteiger partial charge in [0.2, 0.25) is 0 Å². The number of epoxide rings is 2. The van der Waals surface area contributed by atoms with E-state index in [2.05, 4.69) is 13.8 Å². The quantitative estimate of drug-likeness (QED) is 0.136. The lowest BCUT2D eigenvalue weighted by molar-refractivity contribution is -0.0468. The summed E-state index contributed by atoms with van der Waals surface area (Å²) in [6.45, 7) is 6.37. The van der Waals surface area contributed by atoms with Crippen LogP contribution >= 0.6 is 0 Å². The Labute approximate surface area is 181 Å². The van der Waals surface area contributed by atoms with Crippen molar-refractivity contribution in [1.29, 1.82) is 0 Å². The Hall–Kier alpha value is -0.120. The zero-order valence-electron chi connectivity index (χ0n) is 19.7. The second kappa shape index (κ2) is 16.6. The van der Waals surface area contributed by atoms with Crippen molar-refractivity contribution in [1.82, 2.24) is 0 Å². The summed E-state index contributed by atoms with van der Waals surface area (Å²) in [5, 5.41) is 0. The molecule has 0 amide bonds. The molecule has 172 valence electrons. The fourth-order valence-corrected chi connectivity index (χ4v) is 4.41. The smallest absolute Gasteiger partial charge is 0.107 e. The molecule has 2 aliphatic rings. The highest BCUT2D eigenvalue weighted by Crippen LogP contribution is 2.29. The van der Waals surface area contributed by atoms with Crippen LogP contribution < -0.4 is 0 Å². The Morgan fingerprint density at radius 2 is 0.862 bits per heavy atom. The normalized spacial score (nSPS) is 22.6. The molecule has 4 unspecified atom stereocenters. The Bertz CT molecular complexity index is 331. The molecule has 29 heavy (non-hydrogen) atoms. The lowest BCUT2D eigenvalue weighted by Gasteiger charge is -2.23. The molecule has 0 bridgehead atoms. The molecule has 0 aromatic heterocycles. The van der Waals surface area contributed by atoms with Gasteiger partial charge in [0.15, 0.2) is 0 Å². The standard InChI is InChI=1S/C26H50O3/c1-3-5-7-9-11-13-15-17-19-23(25-21-27-25)29-24(26-22-28-26)20-18-16-14-12-10-8-6-4-2/h23-26H,3-22H2,1-2H3.